The summed E-state index contributed by atoms with van der Waals surface area (Å²) in [5.41, 5.74) is 0.933. The Balaban J connectivity index is 1.66. The topological polar surface area (TPSA) is 76.1 Å². The number of carbonyl (C=O) groups is 2. The first kappa shape index (κ1) is 18.8. The monoisotopic (exact) mass is 369 g/mol. The molecule has 0 radical (unpaired) electrons. The average molecular weight is 369 g/mol. The van der Waals surface area contributed by atoms with E-state index in [9.17, 15) is 14.7 Å². The van der Waals surface area contributed by atoms with Gasteiger partial charge in [-0.3, -0.25) is 9.59 Å². The third kappa shape index (κ3) is 4.39. The van der Waals surface area contributed by atoms with E-state index in [1.165, 1.54) is 0 Å². The fourth-order valence-electron chi connectivity index (χ4n) is 3.37. The number of carboxylic acids is 1. The van der Waals surface area contributed by atoms with Crippen molar-refractivity contribution in [2.75, 3.05) is 26.3 Å². The maximum atomic E-state index is 12.6. The molecule has 1 saturated heterocycles. The number of ether oxygens (including phenoxy) is 2. The summed E-state index contributed by atoms with van der Waals surface area (Å²) >= 11 is 0. The Hall–Kier alpha value is -3.02. The van der Waals surface area contributed by atoms with Crippen LogP contribution in [0, 0.1) is 5.92 Å². The Labute approximate surface area is 158 Å². The molecule has 27 heavy (non-hydrogen) atoms. The van der Waals surface area contributed by atoms with Crippen molar-refractivity contribution in [3.63, 3.8) is 0 Å². The second-order valence-corrected chi connectivity index (χ2v) is 6.43. The molecule has 0 unspecified atom stereocenters. The molecule has 1 N–H and O–H groups in total. The molecule has 6 nitrogen and oxygen atoms in total. The number of likely N-dealkylation sites (tertiary alicyclic amines) is 1. The lowest BCUT2D eigenvalue weighted by molar-refractivity contribution is -0.142. The molecule has 1 aliphatic rings. The zero-order valence-corrected chi connectivity index (χ0v) is 15.2. The van der Waals surface area contributed by atoms with Crippen LogP contribution in [0.15, 0.2) is 54.6 Å². The van der Waals surface area contributed by atoms with Crippen LogP contribution in [0.1, 0.15) is 18.4 Å². The Morgan fingerprint density at radius 3 is 2.26 bits per heavy atom. The summed E-state index contributed by atoms with van der Waals surface area (Å²) in [5.74, 6) is -0.871. The van der Waals surface area contributed by atoms with Crippen molar-refractivity contribution in [1.82, 2.24) is 4.90 Å². The summed E-state index contributed by atoms with van der Waals surface area (Å²) in [4.78, 5) is 25.8. The minimum atomic E-state index is -0.887. The number of carboxylic acid groups (broad SMARTS) is 1. The Bertz CT molecular complexity index is 792. The van der Waals surface area contributed by atoms with Gasteiger partial charge in [-0.15, -0.1) is 0 Å². The molecule has 6 heteroatoms. The number of rotatable bonds is 7. The van der Waals surface area contributed by atoms with Crippen molar-refractivity contribution in [3.8, 4) is 11.5 Å². The van der Waals surface area contributed by atoms with Gasteiger partial charge in [0.2, 0.25) is 0 Å². The van der Waals surface area contributed by atoms with Gasteiger partial charge in [0.15, 0.2) is 18.1 Å². The molecule has 0 aromatic heterocycles. The molecule has 1 fully saturated rings. The van der Waals surface area contributed by atoms with Crippen LogP contribution < -0.4 is 9.47 Å². The Morgan fingerprint density at radius 2 is 1.63 bits per heavy atom. The molecule has 1 heterocycles. The molecule has 0 spiro atoms. The number of hydrogen-bond acceptors (Lipinski definition) is 4. The third-order valence-corrected chi connectivity index (χ3v) is 4.72. The summed E-state index contributed by atoms with van der Waals surface area (Å²) in [5, 5.41) is 9.56. The lowest BCUT2D eigenvalue weighted by Gasteiger charge is -2.17. The van der Waals surface area contributed by atoms with Gasteiger partial charge in [0.1, 0.15) is 0 Å². The lowest BCUT2D eigenvalue weighted by atomic mass is 9.89. The first-order chi connectivity index (χ1) is 13.1. The van der Waals surface area contributed by atoms with Gasteiger partial charge in [0, 0.05) is 19.0 Å². The Kier molecular flexibility index (Phi) is 5.96. The average Bonchev–Trinajstić information content (AvgIpc) is 3.14. The molecule has 3 rings (SSSR count). The van der Waals surface area contributed by atoms with Gasteiger partial charge in [-0.1, -0.05) is 42.5 Å². The highest BCUT2D eigenvalue weighted by molar-refractivity contribution is 5.80. The second kappa shape index (κ2) is 8.58. The molecule has 0 bridgehead atoms. The SMILES string of the molecule is CCOc1ccccc1OCC(=O)N1C[C@H](C(=O)O)[C@H](c2ccccc2)C1. The molecule has 2 aromatic rings. The van der Waals surface area contributed by atoms with Crippen LogP contribution >= 0.6 is 0 Å². The molecule has 1 aliphatic heterocycles. The molecule has 1 amide bonds. The predicted molar refractivity (Wildman–Crippen MR) is 100.0 cm³/mol. The molecule has 0 saturated carbocycles. The van der Waals surface area contributed by atoms with Gasteiger partial charge < -0.3 is 19.5 Å². The van der Waals surface area contributed by atoms with E-state index in [1.807, 2.05) is 49.4 Å². The molecular formula is C21H23NO5. The zero-order valence-electron chi connectivity index (χ0n) is 15.2. The number of para-hydroxylation sites is 2. The number of aliphatic carboxylic acids is 1. The van der Waals surface area contributed by atoms with E-state index in [4.69, 9.17) is 9.47 Å². The van der Waals surface area contributed by atoms with Crippen molar-refractivity contribution in [3.05, 3.63) is 60.2 Å². The minimum Gasteiger partial charge on any atom is -0.490 e. The Morgan fingerprint density at radius 1 is 1.00 bits per heavy atom. The van der Waals surface area contributed by atoms with E-state index in [0.717, 1.165) is 5.56 Å². The lowest BCUT2D eigenvalue weighted by Crippen LogP contribution is -2.33. The van der Waals surface area contributed by atoms with Crippen molar-refractivity contribution >= 4 is 11.9 Å². The third-order valence-electron chi connectivity index (χ3n) is 4.72. The van der Waals surface area contributed by atoms with Gasteiger partial charge in [0.05, 0.1) is 12.5 Å². The van der Waals surface area contributed by atoms with Crippen LogP contribution in [0.2, 0.25) is 0 Å². The van der Waals surface area contributed by atoms with E-state index >= 15 is 0 Å². The molecule has 0 aliphatic carbocycles. The van der Waals surface area contributed by atoms with Crippen molar-refractivity contribution in [2.24, 2.45) is 5.92 Å². The highest BCUT2D eigenvalue weighted by Gasteiger charge is 2.40. The normalized spacial score (nSPS) is 18.9. The summed E-state index contributed by atoms with van der Waals surface area (Å²) in [6.07, 6.45) is 0. The summed E-state index contributed by atoms with van der Waals surface area (Å²) in [6, 6.07) is 16.6. The molecule has 2 aromatic carbocycles. The summed E-state index contributed by atoms with van der Waals surface area (Å²) in [7, 11) is 0. The second-order valence-electron chi connectivity index (χ2n) is 6.43. The fourth-order valence-corrected chi connectivity index (χ4v) is 3.37. The molecular weight excluding hydrogens is 346 g/mol. The highest BCUT2D eigenvalue weighted by atomic mass is 16.5. The standard InChI is InChI=1S/C21H23NO5/c1-2-26-18-10-6-7-11-19(18)27-14-20(23)22-12-16(17(13-22)21(24)25)15-8-4-3-5-9-15/h3-11,16-17H,2,12-14H2,1H3,(H,24,25)/t16-,17-/m0/s1. The van der Waals surface area contributed by atoms with Crippen molar-refractivity contribution in [1.29, 1.82) is 0 Å². The maximum absolute atomic E-state index is 12.6. The first-order valence-electron chi connectivity index (χ1n) is 9.00. The van der Waals surface area contributed by atoms with Gasteiger partial charge in [-0.25, -0.2) is 0 Å². The summed E-state index contributed by atoms with van der Waals surface area (Å²) in [6.45, 7) is 2.78. The predicted octanol–water partition coefficient (Wildman–Crippen LogP) is 2.79. The maximum Gasteiger partial charge on any atom is 0.308 e. The fraction of sp³-hybridized carbons (Fsp3) is 0.333. The van der Waals surface area contributed by atoms with Crippen LogP contribution in [0.3, 0.4) is 0 Å². The number of benzene rings is 2. The minimum absolute atomic E-state index is 0.155. The number of amides is 1. The van der Waals surface area contributed by atoms with Gasteiger partial charge in [-0.05, 0) is 24.6 Å². The van der Waals surface area contributed by atoms with E-state index in [-0.39, 0.29) is 25.0 Å². The highest BCUT2D eigenvalue weighted by Crippen LogP contribution is 2.33. The van der Waals surface area contributed by atoms with E-state index < -0.39 is 11.9 Å². The number of hydrogen-bond donors (Lipinski definition) is 1. The smallest absolute Gasteiger partial charge is 0.308 e. The van der Waals surface area contributed by atoms with Crippen LogP contribution in [-0.4, -0.2) is 48.2 Å². The van der Waals surface area contributed by atoms with Crippen LogP contribution in [0.25, 0.3) is 0 Å². The molecule has 2 atom stereocenters. The van der Waals surface area contributed by atoms with Crippen molar-refractivity contribution in [2.45, 2.75) is 12.8 Å². The largest absolute Gasteiger partial charge is 0.490 e. The van der Waals surface area contributed by atoms with Crippen molar-refractivity contribution < 1.29 is 24.2 Å². The van der Waals surface area contributed by atoms with E-state index in [2.05, 4.69) is 0 Å². The number of nitrogens with zero attached hydrogens (tertiary/aromatic N) is 1. The zero-order chi connectivity index (χ0) is 19.2. The molecule has 142 valence electrons. The van der Waals surface area contributed by atoms with Crippen LogP contribution in [0.4, 0.5) is 0 Å². The van der Waals surface area contributed by atoms with E-state index in [1.54, 1.807) is 17.0 Å². The van der Waals surface area contributed by atoms with Gasteiger partial charge >= 0.3 is 5.97 Å². The quantitative estimate of drug-likeness (QED) is 0.812. The first-order valence-corrected chi connectivity index (χ1v) is 9.00. The van der Waals surface area contributed by atoms with E-state index in [0.29, 0.717) is 24.7 Å². The number of carbonyl (C=O) groups excluding carboxylic acids is 1. The van der Waals surface area contributed by atoms with Gasteiger partial charge in [-0.2, -0.15) is 0 Å². The van der Waals surface area contributed by atoms with Gasteiger partial charge in [0.25, 0.3) is 5.91 Å². The van der Waals surface area contributed by atoms with Crippen LogP contribution in [-0.2, 0) is 9.59 Å². The van der Waals surface area contributed by atoms with Crippen LogP contribution in [0.5, 0.6) is 11.5 Å². The summed E-state index contributed by atoms with van der Waals surface area (Å²) < 4.78 is 11.1.